The molecule has 1 aromatic heterocycles. The molecule has 0 fully saturated rings. The molecule has 2 aromatic rings. The Balaban J connectivity index is 2.34. The molecule has 2 rings (SSSR count). The van der Waals surface area contributed by atoms with Gasteiger partial charge in [0, 0.05) is 4.88 Å². The minimum Gasteiger partial charge on any atom is -0.270 e. The molecule has 0 unspecified atom stereocenters. The maximum atomic E-state index is 12.3. The second-order valence-electron chi connectivity index (χ2n) is 4.70. The molecular weight excluding hydrogens is 278 g/mol. The standard InChI is InChI=1S/C14H17NO2S2/c1-9-5-6-13(7-10(9)2)19(16,17)15-14-8-11(3)12(4)18-14/h5-8,15H,1-4H3. The summed E-state index contributed by atoms with van der Waals surface area (Å²) in [6, 6.07) is 7.02. The van der Waals surface area contributed by atoms with Crippen LogP contribution >= 0.6 is 11.3 Å². The largest absolute Gasteiger partial charge is 0.270 e. The van der Waals surface area contributed by atoms with Gasteiger partial charge in [-0.25, -0.2) is 8.42 Å². The molecule has 102 valence electrons. The van der Waals surface area contributed by atoms with E-state index < -0.39 is 10.0 Å². The number of aryl methyl sites for hydroxylation is 4. The van der Waals surface area contributed by atoms with E-state index >= 15 is 0 Å². The number of sulfonamides is 1. The van der Waals surface area contributed by atoms with Crippen molar-refractivity contribution < 1.29 is 8.42 Å². The van der Waals surface area contributed by atoms with Crippen LogP contribution in [0, 0.1) is 27.7 Å². The fourth-order valence-electron chi connectivity index (χ4n) is 1.70. The first-order valence-electron chi connectivity index (χ1n) is 5.97. The Bertz CT molecular complexity index is 696. The molecular formula is C14H17NO2S2. The molecule has 0 radical (unpaired) electrons. The van der Waals surface area contributed by atoms with Crippen molar-refractivity contribution in [1.82, 2.24) is 0 Å². The van der Waals surface area contributed by atoms with Crippen molar-refractivity contribution in [2.24, 2.45) is 0 Å². The van der Waals surface area contributed by atoms with E-state index in [9.17, 15) is 8.42 Å². The SMILES string of the molecule is Cc1ccc(S(=O)(=O)Nc2cc(C)c(C)s2)cc1C. The maximum absolute atomic E-state index is 12.3. The number of nitrogens with one attached hydrogen (secondary N) is 1. The summed E-state index contributed by atoms with van der Waals surface area (Å²) in [4.78, 5) is 1.43. The van der Waals surface area contributed by atoms with Crippen molar-refractivity contribution in [3.05, 3.63) is 45.8 Å². The van der Waals surface area contributed by atoms with Crippen LogP contribution in [0.3, 0.4) is 0 Å². The highest BCUT2D eigenvalue weighted by Crippen LogP contribution is 2.28. The van der Waals surface area contributed by atoms with Gasteiger partial charge in [0.25, 0.3) is 10.0 Å². The summed E-state index contributed by atoms with van der Waals surface area (Å²) in [6.07, 6.45) is 0. The van der Waals surface area contributed by atoms with E-state index in [2.05, 4.69) is 4.72 Å². The van der Waals surface area contributed by atoms with Gasteiger partial charge >= 0.3 is 0 Å². The van der Waals surface area contributed by atoms with E-state index in [0.717, 1.165) is 21.6 Å². The third-order valence-electron chi connectivity index (χ3n) is 3.19. The lowest BCUT2D eigenvalue weighted by molar-refractivity contribution is 0.601. The lowest BCUT2D eigenvalue weighted by Crippen LogP contribution is -2.12. The van der Waals surface area contributed by atoms with E-state index in [0.29, 0.717) is 9.90 Å². The highest BCUT2D eigenvalue weighted by Gasteiger charge is 2.16. The fraction of sp³-hybridized carbons (Fsp3) is 0.286. The van der Waals surface area contributed by atoms with Crippen LogP contribution in [-0.2, 0) is 10.0 Å². The molecule has 0 spiro atoms. The summed E-state index contributed by atoms with van der Waals surface area (Å²) < 4.78 is 27.2. The van der Waals surface area contributed by atoms with Crippen LogP contribution in [0.5, 0.6) is 0 Å². The van der Waals surface area contributed by atoms with E-state index in [-0.39, 0.29) is 0 Å². The monoisotopic (exact) mass is 295 g/mol. The van der Waals surface area contributed by atoms with E-state index in [4.69, 9.17) is 0 Å². The third kappa shape index (κ3) is 2.98. The van der Waals surface area contributed by atoms with E-state index in [1.807, 2.05) is 39.8 Å². The molecule has 5 heteroatoms. The van der Waals surface area contributed by atoms with Gasteiger partial charge in [0.2, 0.25) is 0 Å². The van der Waals surface area contributed by atoms with Crippen LogP contribution in [0.1, 0.15) is 21.6 Å². The minimum absolute atomic E-state index is 0.305. The molecule has 1 heterocycles. The zero-order chi connectivity index (χ0) is 14.2. The first-order valence-corrected chi connectivity index (χ1v) is 8.26. The van der Waals surface area contributed by atoms with Crippen LogP contribution in [0.15, 0.2) is 29.2 Å². The van der Waals surface area contributed by atoms with Crippen LogP contribution in [0.25, 0.3) is 0 Å². The van der Waals surface area contributed by atoms with Gasteiger partial charge in [-0.3, -0.25) is 4.72 Å². The van der Waals surface area contributed by atoms with Gasteiger partial charge in [0.15, 0.2) is 0 Å². The molecule has 0 saturated heterocycles. The number of thiophene rings is 1. The molecule has 1 aromatic carbocycles. The normalized spacial score (nSPS) is 11.6. The average molecular weight is 295 g/mol. The molecule has 0 atom stereocenters. The van der Waals surface area contributed by atoms with Crippen molar-refractivity contribution in [2.45, 2.75) is 32.6 Å². The third-order valence-corrected chi connectivity index (χ3v) is 5.75. The fourth-order valence-corrected chi connectivity index (χ4v) is 4.00. The number of hydrogen-bond acceptors (Lipinski definition) is 3. The first kappa shape index (κ1) is 14.1. The molecule has 1 N–H and O–H groups in total. The second-order valence-corrected chi connectivity index (χ2v) is 7.64. The summed E-state index contributed by atoms with van der Waals surface area (Å²) in [5.41, 5.74) is 3.16. The number of anilines is 1. The Kier molecular flexibility index (Phi) is 3.69. The Morgan fingerprint density at radius 2 is 1.63 bits per heavy atom. The van der Waals surface area contributed by atoms with Gasteiger partial charge < -0.3 is 0 Å². The zero-order valence-electron chi connectivity index (χ0n) is 11.4. The summed E-state index contributed by atoms with van der Waals surface area (Å²) in [6.45, 7) is 7.83. The smallest absolute Gasteiger partial charge is 0.262 e. The molecule has 0 saturated carbocycles. The molecule has 0 bridgehead atoms. The molecule has 0 aliphatic heterocycles. The quantitative estimate of drug-likeness (QED) is 0.936. The van der Waals surface area contributed by atoms with Gasteiger partial charge in [-0.2, -0.15) is 0 Å². The van der Waals surface area contributed by atoms with Gasteiger partial charge in [0.1, 0.15) is 5.00 Å². The first-order chi connectivity index (χ1) is 8.79. The van der Waals surface area contributed by atoms with Crippen molar-refractivity contribution in [3.63, 3.8) is 0 Å². The summed E-state index contributed by atoms with van der Waals surface area (Å²) in [5, 5.41) is 0.660. The maximum Gasteiger partial charge on any atom is 0.262 e. The number of rotatable bonds is 3. The van der Waals surface area contributed by atoms with Crippen molar-refractivity contribution in [3.8, 4) is 0 Å². The molecule has 19 heavy (non-hydrogen) atoms. The second kappa shape index (κ2) is 4.98. The Hall–Kier alpha value is -1.33. The van der Waals surface area contributed by atoms with Gasteiger partial charge in [-0.05, 0) is 62.6 Å². The van der Waals surface area contributed by atoms with Crippen LogP contribution in [0.4, 0.5) is 5.00 Å². The topological polar surface area (TPSA) is 46.2 Å². The molecule has 0 aliphatic rings. The Morgan fingerprint density at radius 3 is 2.16 bits per heavy atom. The van der Waals surface area contributed by atoms with Crippen LogP contribution < -0.4 is 4.72 Å². The highest BCUT2D eigenvalue weighted by atomic mass is 32.2. The lowest BCUT2D eigenvalue weighted by atomic mass is 10.1. The summed E-state index contributed by atoms with van der Waals surface area (Å²) >= 11 is 1.45. The van der Waals surface area contributed by atoms with Gasteiger partial charge in [0.05, 0.1) is 4.90 Å². The average Bonchev–Trinajstić information content (AvgIpc) is 2.60. The van der Waals surface area contributed by atoms with Crippen molar-refractivity contribution in [2.75, 3.05) is 4.72 Å². The highest BCUT2D eigenvalue weighted by molar-refractivity contribution is 7.93. The summed E-state index contributed by atoms with van der Waals surface area (Å²) in [7, 11) is -3.50. The van der Waals surface area contributed by atoms with Gasteiger partial charge in [-0.15, -0.1) is 11.3 Å². The predicted octanol–water partition coefficient (Wildman–Crippen LogP) is 3.78. The van der Waals surface area contributed by atoms with Crippen LogP contribution in [0.2, 0.25) is 0 Å². The van der Waals surface area contributed by atoms with Gasteiger partial charge in [-0.1, -0.05) is 6.07 Å². The Labute approximate surface area is 118 Å². The van der Waals surface area contributed by atoms with Crippen LogP contribution in [-0.4, -0.2) is 8.42 Å². The number of hydrogen-bond donors (Lipinski definition) is 1. The molecule has 3 nitrogen and oxygen atoms in total. The molecule has 0 amide bonds. The van der Waals surface area contributed by atoms with E-state index in [1.54, 1.807) is 12.1 Å². The summed E-state index contributed by atoms with van der Waals surface area (Å²) in [5.74, 6) is 0. The van der Waals surface area contributed by atoms with Crippen molar-refractivity contribution in [1.29, 1.82) is 0 Å². The Morgan fingerprint density at radius 1 is 0.947 bits per heavy atom. The lowest BCUT2D eigenvalue weighted by Gasteiger charge is -2.08. The van der Waals surface area contributed by atoms with E-state index in [1.165, 1.54) is 11.3 Å². The minimum atomic E-state index is -3.50. The number of benzene rings is 1. The van der Waals surface area contributed by atoms with Crippen molar-refractivity contribution >= 4 is 26.4 Å². The predicted molar refractivity (Wildman–Crippen MR) is 80.5 cm³/mol. The zero-order valence-corrected chi connectivity index (χ0v) is 13.1. The molecule has 0 aliphatic carbocycles.